The van der Waals surface area contributed by atoms with Gasteiger partial charge in [-0.1, -0.05) is 18.2 Å². The van der Waals surface area contributed by atoms with Crippen molar-refractivity contribution in [3.05, 3.63) is 35.6 Å². The molecule has 1 aromatic rings. The van der Waals surface area contributed by atoms with Crippen molar-refractivity contribution in [2.75, 3.05) is 47.3 Å². The molecular weight excluding hydrogens is 253 g/mol. The van der Waals surface area contributed by atoms with Gasteiger partial charge in [0.1, 0.15) is 5.82 Å². The van der Waals surface area contributed by atoms with Crippen LogP contribution in [0.5, 0.6) is 0 Å². The van der Waals surface area contributed by atoms with Crippen molar-refractivity contribution in [1.82, 2.24) is 15.1 Å². The molecule has 3 nitrogen and oxygen atoms in total. The first-order chi connectivity index (χ1) is 9.60. The predicted octanol–water partition coefficient (Wildman–Crippen LogP) is 1.97. The summed E-state index contributed by atoms with van der Waals surface area (Å²) in [5, 5.41) is 3.23. The Morgan fingerprint density at radius 2 is 2.20 bits per heavy atom. The molecule has 0 aliphatic carbocycles. The van der Waals surface area contributed by atoms with Crippen LogP contribution in [0.15, 0.2) is 24.3 Å². The average molecular weight is 279 g/mol. The highest BCUT2D eigenvalue weighted by Gasteiger charge is 2.22. The Labute approximate surface area is 121 Å². The highest BCUT2D eigenvalue weighted by atomic mass is 19.1. The van der Waals surface area contributed by atoms with Gasteiger partial charge in [0.15, 0.2) is 0 Å². The van der Waals surface area contributed by atoms with E-state index >= 15 is 0 Å². The first-order valence-corrected chi connectivity index (χ1v) is 7.39. The number of rotatable bonds is 6. The van der Waals surface area contributed by atoms with E-state index in [1.807, 2.05) is 19.2 Å². The Morgan fingerprint density at radius 1 is 1.45 bits per heavy atom. The minimum absolute atomic E-state index is 0.0420. The number of benzene rings is 1. The van der Waals surface area contributed by atoms with Gasteiger partial charge in [0.05, 0.1) is 0 Å². The summed E-state index contributed by atoms with van der Waals surface area (Å²) in [4.78, 5) is 4.70. The van der Waals surface area contributed by atoms with E-state index in [1.54, 1.807) is 6.07 Å². The minimum Gasteiger partial charge on any atom is -0.312 e. The highest BCUT2D eigenvalue weighted by molar-refractivity contribution is 5.21. The van der Waals surface area contributed by atoms with E-state index in [0.717, 1.165) is 24.6 Å². The summed E-state index contributed by atoms with van der Waals surface area (Å²) in [7, 11) is 6.20. The fourth-order valence-corrected chi connectivity index (χ4v) is 3.11. The van der Waals surface area contributed by atoms with Crippen LogP contribution in [0, 0.1) is 11.7 Å². The average Bonchev–Trinajstić information content (AvgIpc) is 2.82. The van der Waals surface area contributed by atoms with E-state index in [4.69, 9.17) is 0 Å². The van der Waals surface area contributed by atoms with Crippen molar-refractivity contribution >= 4 is 0 Å². The molecule has 0 radical (unpaired) electrons. The van der Waals surface area contributed by atoms with Gasteiger partial charge < -0.3 is 15.1 Å². The number of hydrogen-bond donors (Lipinski definition) is 1. The van der Waals surface area contributed by atoms with E-state index in [2.05, 4.69) is 29.2 Å². The molecule has 2 atom stereocenters. The van der Waals surface area contributed by atoms with Crippen molar-refractivity contribution < 1.29 is 4.39 Å². The molecule has 2 unspecified atom stereocenters. The third-order valence-electron chi connectivity index (χ3n) is 4.18. The molecule has 1 aliphatic heterocycles. The van der Waals surface area contributed by atoms with Crippen molar-refractivity contribution in [2.24, 2.45) is 5.92 Å². The predicted molar refractivity (Wildman–Crippen MR) is 81.3 cm³/mol. The van der Waals surface area contributed by atoms with Gasteiger partial charge >= 0.3 is 0 Å². The van der Waals surface area contributed by atoms with Crippen LogP contribution < -0.4 is 5.32 Å². The number of likely N-dealkylation sites (tertiary alicyclic amines) is 1. The lowest BCUT2D eigenvalue weighted by atomic mass is 10.0. The van der Waals surface area contributed by atoms with Crippen LogP contribution in [0.1, 0.15) is 18.0 Å². The maximum atomic E-state index is 13.9. The van der Waals surface area contributed by atoms with Crippen molar-refractivity contribution in [3.63, 3.8) is 0 Å². The van der Waals surface area contributed by atoms with Gasteiger partial charge in [-0.15, -0.1) is 0 Å². The number of nitrogens with zero attached hydrogens (tertiary/aromatic N) is 2. The van der Waals surface area contributed by atoms with Crippen molar-refractivity contribution in [2.45, 2.75) is 12.5 Å². The Hall–Kier alpha value is -0.970. The van der Waals surface area contributed by atoms with E-state index in [-0.39, 0.29) is 11.9 Å². The zero-order valence-corrected chi connectivity index (χ0v) is 12.8. The standard InChI is InChI=1S/C16H26FN3/c1-18-16(14-6-4-5-7-15(14)17)12-20(3)11-13-8-9-19(2)10-13/h4-7,13,16,18H,8-12H2,1-3H3. The molecule has 1 heterocycles. The topological polar surface area (TPSA) is 18.5 Å². The van der Waals surface area contributed by atoms with Gasteiger partial charge in [-0.3, -0.25) is 0 Å². The Balaban J connectivity index is 1.91. The van der Waals surface area contributed by atoms with Gasteiger partial charge in [0.25, 0.3) is 0 Å². The SMILES string of the molecule is CNC(CN(C)CC1CCN(C)C1)c1ccccc1F. The second-order valence-electron chi connectivity index (χ2n) is 6.00. The molecular formula is C16H26FN3. The number of likely N-dealkylation sites (N-methyl/N-ethyl adjacent to an activating group) is 2. The largest absolute Gasteiger partial charge is 0.312 e. The normalized spacial score (nSPS) is 21.6. The lowest BCUT2D eigenvalue weighted by Gasteiger charge is -2.26. The molecule has 0 amide bonds. The molecule has 4 heteroatoms. The summed E-state index contributed by atoms with van der Waals surface area (Å²) < 4.78 is 13.9. The van der Waals surface area contributed by atoms with Gasteiger partial charge in [-0.25, -0.2) is 4.39 Å². The van der Waals surface area contributed by atoms with Crippen molar-refractivity contribution in [3.8, 4) is 0 Å². The van der Waals surface area contributed by atoms with Crippen LogP contribution >= 0.6 is 0 Å². The summed E-state index contributed by atoms with van der Waals surface area (Å²) in [6, 6.07) is 7.08. The summed E-state index contributed by atoms with van der Waals surface area (Å²) in [6.45, 7) is 4.28. The molecule has 1 N–H and O–H groups in total. The maximum absolute atomic E-state index is 13.9. The molecule has 0 spiro atoms. The molecule has 0 bridgehead atoms. The summed E-state index contributed by atoms with van der Waals surface area (Å²) in [5.74, 6) is 0.615. The van der Waals surface area contributed by atoms with Crippen molar-refractivity contribution in [1.29, 1.82) is 0 Å². The molecule has 1 aromatic carbocycles. The molecule has 1 aliphatic rings. The van der Waals surface area contributed by atoms with E-state index in [0.29, 0.717) is 0 Å². The third kappa shape index (κ3) is 4.01. The quantitative estimate of drug-likeness (QED) is 0.859. The van der Waals surface area contributed by atoms with Crippen LogP contribution in [0.4, 0.5) is 4.39 Å². The van der Waals surface area contributed by atoms with E-state index in [1.165, 1.54) is 25.6 Å². The Bertz CT molecular complexity index is 424. The smallest absolute Gasteiger partial charge is 0.128 e. The lowest BCUT2D eigenvalue weighted by molar-refractivity contribution is 0.249. The Morgan fingerprint density at radius 3 is 2.80 bits per heavy atom. The van der Waals surface area contributed by atoms with Crippen LogP contribution in [0.25, 0.3) is 0 Å². The molecule has 0 aromatic heterocycles. The van der Waals surface area contributed by atoms with E-state index in [9.17, 15) is 4.39 Å². The lowest BCUT2D eigenvalue weighted by Crippen LogP contribution is -2.35. The zero-order valence-electron chi connectivity index (χ0n) is 12.8. The molecule has 1 saturated heterocycles. The second-order valence-corrected chi connectivity index (χ2v) is 6.00. The fraction of sp³-hybridized carbons (Fsp3) is 0.625. The molecule has 0 saturated carbocycles. The third-order valence-corrected chi connectivity index (χ3v) is 4.18. The van der Waals surface area contributed by atoms with Gasteiger partial charge in [-0.2, -0.15) is 0 Å². The minimum atomic E-state index is -0.124. The number of halogens is 1. The van der Waals surface area contributed by atoms with E-state index < -0.39 is 0 Å². The first kappa shape index (κ1) is 15.4. The summed E-state index contributed by atoms with van der Waals surface area (Å²) >= 11 is 0. The van der Waals surface area contributed by atoms with Gasteiger partial charge in [0, 0.05) is 31.2 Å². The number of nitrogens with one attached hydrogen (secondary N) is 1. The fourth-order valence-electron chi connectivity index (χ4n) is 3.11. The highest BCUT2D eigenvalue weighted by Crippen LogP contribution is 2.19. The van der Waals surface area contributed by atoms with Gasteiger partial charge in [-0.05, 0) is 46.1 Å². The summed E-state index contributed by atoms with van der Waals surface area (Å²) in [5.41, 5.74) is 0.755. The molecule has 1 fully saturated rings. The van der Waals surface area contributed by atoms with Crippen LogP contribution in [0.2, 0.25) is 0 Å². The molecule has 112 valence electrons. The number of hydrogen-bond acceptors (Lipinski definition) is 3. The monoisotopic (exact) mass is 279 g/mol. The van der Waals surface area contributed by atoms with Gasteiger partial charge in [0.2, 0.25) is 0 Å². The van der Waals surface area contributed by atoms with Crippen LogP contribution in [0.3, 0.4) is 0 Å². The summed E-state index contributed by atoms with van der Waals surface area (Å²) in [6.07, 6.45) is 1.27. The second kappa shape index (κ2) is 7.16. The van der Waals surface area contributed by atoms with Crippen LogP contribution in [-0.2, 0) is 0 Å². The Kier molecular flexibility index (Phi) is 5.52. The maximum Gasteiger partial charge on any atom is 0.128 e. The molecule has 2 rings (SSSR count). The van der Waals surface area contributed by atoms with Crippen LogP contribution in [-0.4, -0.2) is 57.1 Å². The zero-order chi connectivity index (χ0) is 14.5. The first-order valence-electron chi connectivity index (χ1n) is 7.39. The molecule has 20 heavy (non-hydrogen) atoms.